The highest BCUT2D eigenvalue weighted by atomic mass is 35.5. The standard InChI is InChI=1S/C9H9ClN4OS/c10-7-2-1-6(16-7)5-14-4-3-12-9(14)8(11)13-15/h1-4,15H,5H2,(H2,11,13). The maximum absolute atomic E-state index is 8.59. The number of hydrogen-bond donors (Lipinski definition) is 2. The van der Waals surface area contributed by atoms with Gasteiger partial charge in [-0.1, -0.05) is 16.8 Å². The number of rotatable bonds is 3. The lowest BCUT2D eigenvalue weighted by Gasteiger charge is -2.04. The quantitative estimate of drug-likeness (QED) is 0.380. The molecule has 0 amide bonds. The van der Waals surface area contributed by atoms with E-state index in [2.05, 4.69) is 10.1 Å². The van der Waals surface area contributed by atoms with E-state index in [1.54, 1.807) is 17.0 Å². The predicted octanol–water partition coefficient (Wildman–Crippen LogP) is 1.74. The molecular weight excluding hydrogens is 248 g/mol. The molecule has 0 atom stereocenters. The molecule has 2 aromatic heterocycles. The third kappa shape index (κ3) is 2.17. The summed E-state index contributed by atoms with van der Waals surface area (Å²) in [6.45, 7) is 0.600. The van der Waals surface area contributed by atoms with Gasteiger partial charge >= 0.3 is 0 Å². The van der Waals surface area contributed by atoms with Gasteiger partial charge in [-0.3, -0.25) is 0 Å². The minimum Gasteiger partial charge on any atom is -0.409 e. The monoisotopic (exact) mass is 256 g/mol. The van der Waals surface area contributed by atoms with Crippen LogP contribution < -0.4 is 5.73 Å². The highest BCUT2D eigenvalue weighted by molar-refractivity contribution is 7.16. The zero-order valence-electron chi connectivity index (χ0n) is 8.17. The van der Waals surface area contributed by atoms with Crippen molar-refractivity contribution in [3.05, 3.63) is 39.6 Å². The van der Waals surface area contributed by atoms with Gasteiger partial charge in [0.25, 0.3) is 0 Å². The van der Waals surface area contributed by atoms with Crippen molar-refractivity contribution < 1.29 is 5.21 Å². The summed E-state index contributed by atoms with van der Waals surface area (Å²) in [4.78, 5) is 5.09. The van der Waals surface area contributed by atoms with Crippen LogP contribution in [0.5, 0.6) is 0 Å². The summed E-state index contributed by atoms with van der Waals surface area (Å²) in [6.07, 6.45) is 3.36. The molecule has 2 rings (SSSR count). The Kier molecular flexibility index (Phi) is 3.12. The van der Waals surface area contributed by atoms with E-state index in [0.29, 0.717) is 12.4 Å². The first-order chi connectivity index (χ1) is 7.70. The topological polar surface area (TPSA) is 76.4 Å². The number of thiophene rings is 1. The van der Waals surface area contributed by atoms with E-state index < -0.39 is 0 Å². The van der Waals surface area contributed by atoms with Crippen LogP contribution in [-0.2, 0) is 6.54 Å². The number of oxime groups is 1. The summed E-state index contributed by atoms with van der Waals surface area (Å²) in [6, 6.07) is 3.77. The number of hydrogen-bond acceptors (Lipinski definition) is 4. The Morgan fingerprint density at radius 3 is 3.06 bits per heavy atom. The molecule has 0 aliphatic rings. The van der Waals surface area contributed by atoms with Crippen LogP contribution in [-0.4, -0.2) is 20.6 Å². The van der Waals surface area contributed by atoms with Crippen molar-refractivity contribution in [1.29, 1.82) is 0 Å². The Hall–Kier alpha value is -1.53. The van der Waals surface area contributed by atoms with Crippen molar-refractivity contribution in [2.75, 3.05) is 0 Å². The number of nitrogens with zero attached hydrogens (tertiary/aromatic N) is 3. The Balaban J connectivity index is 2.25. The summed E-state index contributed by atoms with van der Waals surface area (Å²) in [5.74, 6) is 0.430. The number of halogens is 1. The van der Waals surface area contributed by atoms with Crippen LogP contribution in [0.2, 0.25) is 4.34 Å². The van der Waals surface area contributed by atoms with E-state index in [0.717, 1.165) is 9.21 Å². The highest BCUT2D eigenvalue weighted by Gasteiger charge is 2.08. The highest BCUT2D eigenvalue weighted by Crippen LogP contribution is 2.22. The second kappa shape index (κ2) is 4.54. The molecule has 0 fully saturated rings. The number of nitrogens with two attached hydrogens (primary N) is 1. The minimum absolute atomic E-state index is 0.00680. The van der Waals surface area contributed by atoms with Gasteiger partial charge in [0.15, 0.2) is 5.82 Å². The zero-order valence-corrected chi connectivity index (χ0v) is 9.74. The molecular formula is C9H9ClN4OS. The van der Waals surface area contributed by atoms with Crippen molar-refractivity contribution in [2.45, 2.75) is 6.54 Å². The molecule has 0 bridgehead atoms. The first-order valence-electron chi connectivity index (χ1n) is 4.44. The molecule has 0 spiro atoms. The fourth-order valence-corrected chi connectivity index (χ4v) is 2.41. The normalized spacial score (nSPS) is 11.9. The van der Waals surface area contributed by atoms with E-state index in [1.165, 1.54) is 11.3 Å². The van der Waals surface area contributed by atoms with Crippen LogP contribution in [0, 0.1) is 0 Å². The van der Waals surface area contributed by atoms with Crippen molar-refractivity contribution >= 4 is 28.8 Å². The first kappa shape index (κ1) is 11.0. The zero-order chi connectivity index (χ0) is 11.5. The summed E-state index contributed by atoms with van der Waals surface area (Å²) < 4.78 is 2.53. The largest absolute Gasteiger partial charge is 0.409 e. The van der Waals surface area contributed by atoms with Gasteiger partial charge in [-0.25, -0.2) is 4.98 Å². The van der Waals surface area contributed by atoms with E-state index in [9.17, 15) is 0 Å². The smallest absolute Gasteiger partial charge is 0.206 e. The lowest BCUT2D eigenvalue weighted by atomic mass is 10.4. The Morgan fingerprint density at radius 1 is 1.62 bits per heavy atom. The van der Waals surface area contributed by atoms with Crippen molar-refractivity contribution in [3.8, 4) is 0 Å². The Morgan fingerprint density at radius 2 is 2.44 bits per heavy atom. The average Bonchev–Trinajstić information content (AvgIpc) is 2.87. The van der Waals surface area contributed by atoms with Gasteiger partial charge in [-0.05, 0) is 12.1 Å². The lowest BCUT2D eigenvalue weighted by molar-refractivity contribution is 0.318. The molecule has 0 saturated carbocycles. The first-order valence-corrected chi connectivity index (χ1v) is 5.63. The molecule has 7 heteroatoms. The number of imidazole rings is 1. The van der Waals surface area contributed by atoms with Gasteiger partial charge in [0.2, 0.25) is 5.84 Å². The van der Waals surface area contributed by atoms with Crippen LogP contribution in [0.15, 0.2) is 29.7 Å². The second-order valence-corrected chi connectivity index (χ2v) is 4.87. The molecule has 0 aromatic carbocycles. The van der Waals surface area contributed by atoms with Crippen molar-refractivity contribution in [3.63, 3.8) is 0 Å². The van der Waals surface area contributed by atoms with Crippen LogP contribution in [0.4, 0.5) is 0 Å². The van der Waals surface area contributed by atoms with Gasteiger partial charge in [-0.15, -0.1) is 11.3 Å². The summed E-state index contributed by atoms with van der Waals surface area (Å²) in [5.41, 5.74) is 5.49. The fourth-order valence-electron chi connectivity index (χ4n) is 1.32. The average molecular weight is 257 g/mol. The van der Waals surface area contributed by atoms with Gasteiger partial charge in [-0.2, -0.15) is 0 Å². The minimum atomic E-state index is -0.00680. The van der Waals surface area contributed by atoms with E-state index in [-0.39, 0.29) is 5.84 Å². The maximum Gasteiger partial charge on any atom is 0.206 e. The molecule has 84 valence electrons. The van der Waals surface area contributed by atoms with E-state index in [1.807, 2.05) is 12.1 Å². The summed E-state index contributed by atoms with van der Waals surface area (Å²) in [7, 11) is 0. The fraction of sp³-hybridized carbons (Fsp3) is 0.111. The summed E-state index contributed by atoms with van der Waals surface area (Å²) >= 11 is 7.32. The third-order valence-corrected chi connectivity index (χ3v) is 3.22. The van der Waals surface area contributed by atoms with Crippen LogP contribution in [0.25, 0.3) is 0 Å². The van der Waals surface area contributed by atoms with Gasteiger partial charge in [0.1, 0.15) is 0 Å². The second-order valence-electron chi connectivity index (χ2n) is 3.07. The molecule has 0 aliphatic carbocycles. The number of amidine groups is 1. The van der Waals surface area contributed by atoms with Gasteiger partial charge in [0.05, 0.1) is 10.9 Å². The third-order valence-electron chi connectivity index (χ3n) is 2.01. The van der Waals surface area contributed by atoms with E-state index >= 15 is 0 Å². The van der Waals surface area contributed by atoms with Crippen LogP contribution in [0.1, 0.15) is 10.7 Å². The molecule has 0 saturated heterocycles. The maximum atomic E-state index is 8.59. The summed E-state index contributed by atoms with van der Waals surface area (Å²) in [5, 5.41) is 11.5. The Labute approximate surface area is 101 Å². The molecule has 0 aliphatic heterocycles. The molecule has 0 unspecified atom stereocenters. The Bertz CT molecular complexity index is 519. The molecule has 16 heavy (non-hydrogen) atoms. The molecule has 2 heterocycles. The SMILES string of the molecule is NC(=NO)c1nccn1Cc1ccc(Cl)s1. The van der Waals surface area contributed by atoms with Gasteiger partial charge in [0, 0.05) is 17.3 Å². The molecule has 2 aromatic rings. The lowest BCUT2D eigenvalue weighted by Crippen LogP contribution is -2.19. The van der Waals surface area contributed by atoms with Crippen molar-refractivity contribution in [1.82, 2.24) is 9.55 Å². The van der Waals surface area contributed by atoms with E-state index in [4.69, 9.17) is 22.5 Å². The molecule has 0 radical (unpaired) electrons. The van der Waals surface area contributed by atoms with Crippen molar-refractivity contribution in [2.24, 2.45) is 10.9 Å². The number of aromatic nitrogens is 2. The molecule has 5 nitrogen and oxygen atoms in total. The predicted molar refractivity (Wildman–Crippen MR) is 63.2 cm³/mol. The molecule has 3 N–H and O–H groups in total. The van der Waals surface area contributed by atoms with Crippen LogP contribution in [0.3, 0.4) is 0 Å². The van der Waals surface area contributed by atoms with Crippen LogP contribution >= 0.6 is 22.9 Å². The van der Waals surface area contributed by atoms with Gasteiger partial charge < -0.3 is 15.5 Å².